The van der Waals surface area contributed by atoms with Crippen LogP contribution in [-0.2, 0) is 4.74 Å². The standard InChI is InChI=1S/C16H25NO2/c1-12-6-7-15(16(18)9-12)13(2)17-8-4-5-14(10-17)11-19-3/h6-7,9,13-14,18H,4-5,8,10-11H2,1-3H3. The molecule has 1 aromatic rings. The molecule has 1 heterocycles. The van der Waals surface area contributed by atoms with Gasteiger partial charge in [0.05, 0.1) is 6.61 Å². The highest BCUT2D eigenvalue weighted by Crippen LogP contribution is 2.32. The molecule has 0 aliphatic carbocycles. The van der Waals surface area contributed by atoms with Crippen molar-refractivity contribution < 1.29 is 9.84 Å². The molecule has 1 fully saturated rings. The van der Waals surface area contributed by atoms with Gasteiger partial charge in [0.25, 0.3) is 0 Å². The van der Waals surface area contributed by atoms with Gasteiger partial charge in [-0.15, -0.1) is 0 Å². The van der Waals surface area contributed by atoms with Crippen molar-refractivity contribution in [2.45, 2.75) is 32.7 Å². The average Bonchev–Trinajstić information content (AvgIpc) is 2.39. The number of aromatic hydroxyl groups is 1. The molecule has 3 nitrogen and oxygen atoms in total. The molecule has 0 saturated carbocycles. The molecule has 0 bridgehead atoms. The molecule has 1 saturated heterocycles. The second-order valence-corrected chi connectivity index (χ2v) is 5.70. The van der Waals surface area contributed by atoms with Crippen LogP contribution in [0.3, 0.4) is 0 Å². The van der Waals surface area contributed by atoms with Crippen molar-refractivity contribution in [1.82, 2.24) is 4.90 Å². The zero-order valence-corrected chi connectivity index (χ0v) is 12.2. The number of phenolic OH excluding ortho intramolecular Hbond substituents is 1. The summed E-state index contributed by atoms with van der Waals surface area (Å²) in [7, 11) is 1.77. The first-order valence-corrected chi connectivity index (χ1v) is 7.14. The monoisotopic (exact) mass is 263 g/mol. The van der Waals surface area contributed by atoms with E-state index in [4.69, 9.17) is 4.74 Å². The van der Waals surface area contributed by atoms with Crippen LogP contribution in [0.15, 0.2) is 18.2 Å². The topological polar surface area (TPSA) is 32.7 Å². The average molecular weight is 263 g/mol. The predicted molar refractivity (Wildman–Crippen MR) is 77.4 cm³/mol. The largest absolute Gasteiger partial charge is 0.508 e. The van der Waals surface area contributed by atoms with Crippen molar-refractivity contribution in [2.24, 2.45) is 5.92 Å². The lowest BCUT2D eigenvalue weighted by Crippen LogP contribution is -2.38. The third-order valence-electron chi connectivity index (χ3n) is 4.14. The van der Waals surface area contributed by atoms with E-state index in [1.165, 1.54) is 12.8 Å². The Kier molecular flexibility index (Phi) is 4.83. The van der Waals surface area contributed by atoms with Crippen molar-refractivity contribution in [3.05, 3.63) is 29.3 Å². The van der Waals surface area contributed by atoms with Gasteiger partial charge in [-0.1, -0.05) is 12.1 Å². The SMILES string of the molecule is COCC1CCCN(C(C)c2ccc(C)cc2O)C1. The van der Waals surface area contributed by atoms with Gasteiger partial charge in [0, 0.05) is 25.3 Å². The number of nitrogens with zero attached hydrogens (tertiary/aromatic N) is 1. The Morgan fingerprint density at radius 1 is 1.47 bits per heavy atom. The molecule has 3 heteroatoms. The Bertz CT molecular complexity index is 417. The number of aryl methyl sites for hydroxylation is 1. The summed E-state index contributed by atoms with van der Waals surface area (Å²) in [4.78, 5) is 2.46. The number of benzene rings is 1. The lowest BCUT2D eigenvalue weighted by atomic mass is 9.95. The van der Waals surface area contributed by atoms with E-state index in [0.717, 1.165) is 30.8 Å². The van der Waals surface area contributed by atoms with Crippen LogP contribution < -0.4 is 0 Å². The number of likely N-dealkylation sites (tertiary alicyclic amines) is 1. The highest BCUT2D eigenvalue weighted by molar-refractivity contribution is 5.37. The number of ether oxygens (including phenoxy) is 1. The Morgan fingerprint density at radius 3 is 2.95 bits per heavy atom. The Morgan fingerprint density at radius 2 is 2.26 bits per heavy atom. The van der Waals surface area contributed by atoms with Gasteiger partial charge in [0.15, 0.2) is 0 Å². The predicted octanol–water partition coefficient (Wildman–Crippen LogP) is 3.12. The first-order valence-electron chi connectivity index (χ1n) is 7.14. The van der Waals surface area contributed by atoms with Gasteiger partial charge >= 0.3 is 0 Å². The minimum atomic E-state index is 0.264. The number of piperidine rings is 1. The fourth-order valence-corrected chi connectivity index (χ4v) is 3.02. The summed E-state index contributed by atoms with van der Waals surface area (Å²) in [6.07, 6.45) is 2.46. The number of rotatable bonds is 4. The van der Waals surface area contributed by atoms with Crippen molar-refractivity contribution in [2.75, 3.05) is 26.8 Å². The fourth-order valence-electron chi connectivity index (χ4n) is 3.02. The first kappa shape index (κ1) is 14.4. The molecule has 1 aliphatic rings. The third-order valence-corrected chi connectivity index (χ3v) is 4.14. The lowest BCUT2D eigenvalue weighted by molar-refractivity contribution is 0.0716. The van der Waals surface area contributed by atoms with E-state index in [1.807, 2.05) is 13.0 Å². The van der Waals surface area contributed by atoms with Crippen LogP contribution in [0.1, 0.15) is 36.9 Å². The minimum absolute atomic E-state index is 0.264. The fraction of sp³-hybridized carbons (Fsp3) is 0.625. The highest BCUT2D eigenvalue weighted by Gasteiger charge is 2.25. The van der Waals surface area contributed by atoms with Gasteiger partial charge in [0.2, 0.25) is 0 Å². The van der Waals surface area contributed by atoms with E-state index in [0.29, 0.717) is 11.7 Å². The molecule has 1 aromatic carbocycles. The Balaban J connectivity index is 2.07. The summed E-state index contributed by atoms with van der Waals surface area (Å²) < 4.78 is 5.28. The lowest BCUT2D eigenvalue weighted by Gasteiger charge is -2.37. The van der Waals surface area contributed by atoms with Gasteiger partial charge in [-0.25, -0.2) is 0 Å². The zero-order chi connectivity index (χ0) is 13.8. The molecule has 106 valence electrons. The maximum absolute atomic E-state index is 10.1. The smallest absolute Gasteiger partial charge is 0.120 e. The molecule has 1 N–H and O–H groups in total. The van der Waals surface area contributed by atoms with E-state index in [1.54, 1.807) is 7.11 Å². The van der Waals surface area contributed by atoms with Gasteiger partial charge in [-0.05, 0) is 50.8 Å². The summed E-state index contributed by atoms with van der Waals surface area (Å²) in [6, 6.07) is 6.24. The molecule has 2 unspecified atom stereocenters. The summed E-state index contributed by atoms with van der Waals surface area (Å²) in [5.41, 5.74) is 2.13. The number of phenols is 1. The summed E-state index contributed by atoms with van der Waals surface area (Å²) in [5.74, 6) is 1.04. The maximum Gasteiger partial charge on any atom is 0.120 e. The second kappa shape index (κ2) is 6.40. The third kappa shape index (κ3) is 3.48. The van der Waals surface area contributed by atoms with Crippen molar-refractivity contribution >= 4 is 0 Å². The van der Waals surface area contributed by atoms with Gasteiger partial charge in [0.1, 0.15) is 5.75 Å². The quantitative estimate of drug-likeness (QED) is 0.906. The summed E-state index contributed by atoms with van der Waals surface area (Å²) in [5, 5.41) is 10.1. The van der Waals surface area contributed by atoms with Crippen LogP contribution >= 0.6 is 0 Å². The van der Waals surface area contributed by atoms with Crippen LogP contribution in [0.5, 0.6) is 5.75 Å². The van der Waals surface area contributed by atoms with E-state index >= 15 is 0 Å². The minimum Gasteiger partial charge on any atom is -0.508 e. The summed E-state index contributed by atoms with van der Waals surface area (Å²) in [6.45, 7) is 7.18. The molecule has 0 aromatic heterocycles. The zero-order valence-electron chi connectivity index (χ0n) is 12.2. The normalized spacial score (nSPS) is 22.4. The highest BCUT2D eigenvalue weighted by atomic mass is 16.5. The maximum atomic E-state index is 10.1. The van der Waals surface area contributed by atoms with Crippen LogP contribution in [0.25, 0.3) is 0 Å². The summed E-state index contributed by atoms with van der Waals surface area (Å²) >= 11 is 0. The molecule has 2 atom stereocenters. The number of methoxy groups -OCH3 is 1. The molecular formula is C16H25NO2. The van der Waals surface area contributed by atoms with E-state index in [2.05, 4.69) is 24.0 Å². The van der Waals surface area contributed by atoms with Gasteiger partial charge in [-0.2, -0.15) is 0 Å². The molecule has 0 spiro atoms. The second-order valence-electron chi connectivity index (χ2n) is 5.70. The number of hydrogen-bond acceptors (Lipinski definition) is 3. The molecule has 19 heavy (non-hydrogen) atoms. The van der Waals surface area contributed by atoms with Crippen LogP contribution in [0.4, 0.5) is 0 Å². The van der Waals surface area contributed by atoms with Crippen molar-refractivity contribution in [1.29, 1.82) is 0 Å². The Hall–Kier alpha value is -1.06. The number of hydrogen-bond donors (Lipinski definition) is 1. The van der Waals surface area contributed by atoms with E-state index in [9.17, 15) is 5.11 Å². The van der Waals surface area contributed by atoms with Gasteiger partial charge < -0.3 is 9.84 Å². The molecule has 0 amide bonds. The van der Waals surface area contributed by atoms with Crippen LogP contribution in [0.2, 0.25) is 0 Å². The van der Waals surface area contributed by atoms with Gasteiger partial charge in [-0.3, -0.25) is 4.90 Å². The molecule has 1 aliphatic heterocycles. The molecular weight excluding hydrogens is 238 g/mol. The van der Waals surface area contributed by atoms with Crippen molar-refractivity contribution in [3.8, 4) is 5.75 Å². The van der Waals surface area contributed by atoms with Crippen LogP contribution in [0, 0.1) is 12.8 Å². The molecule has 0 radical (unpaired) electrons. The molecule has 2 rings (SSSR count). The Labute approximate surface area is 116 Å². The van der Waals surface area contributed by atoms with E-state index in [-0.39, 0.29) is 6.04 Å². The first-order chi connectivity index (χ1) is 9.11. The van der Waals surface area contributed by atoms with Crippen molar-refractivity contribution in [3.63, 3.8) is 0 Å². The van der Waals surface area contributed by atoms with E-state index < -0.39 is 0 Å². The van der Waals surface area contributed by atoms with Crippen LogP contribution in [-0.4, -0.2) is 36.8 Å².